The number of alkyl halides is 3. The van der Waals surface area contributed by atoms with E-state index in [0.717, 1.165) is 73.3 Å². The van der Waals surface area contributed by atoms with E-state index in [9.17, 15) is 19.2 Å². The molecule has 400 valence electrons. The van der Waals surface area contributed by atoms with E-state index in [1.54, 1.807) is 26.8 Å². The van der Waals surface area contributed by atoms with Gasteiger partial charge in [-0.25, -0.2) is 0 Å². The number of esters is 1. The van der Waals surface area contributed by atoms with Crippen molar-refractivity contribution in [1.29, 1.82) is 0 Å². The van der Waals surface area contributed by atoms with Gasteiger partial charge in [0.1, 0.15) is 24.0 Å². The summed E-state index contributed by atoms with van der Waals surface area (Å²) in [5.74, 6) is -0.460. The van der Waals surface area contributed by atoms with Gasteiger partial charge in [0.15, 0.2) is 0 Å². The zero-order chi connectivity index (χ0) is 53.3. The second-order valence-electron chi connectivity index (χ2n) is 21.2. The molecule has 0 bridgehead atoms. The molecule has 6 rings (SSSR count). The molecule has 0 spiro atoms. The summed E-state index contributed by atoms with van der Waals surface area (Å²) in [7, 11) is 0. The number of nitrogens with two attached hydrogens (primary N) is 1. The molecule has 0 unspecified atom stereocenters. The lowest BCUT2D eigenvalue weighted by atomic mass is 9.81. The van der Waals surface area contributed by atoms with E-state index in [4.69, 9.17) is 15.2 Å². The Morgan fingerprint density at radius 2 is 1.53 bits per heavy atom. The highest BCUT2D eigenvalue weighted by molar-refractivity contribution is 5.82. The van der Waals surface area contributed by atoms with Crippen LogP contribution in [0.3, 0.4) is 0 Å². The quantitative estimate of drug-likeness (QED) is 0.0326. The summed E-state index contributed by atoms with van der Waals surface area (Å²) >= 11 is 0. The van der Waals surface area contributed by atoms with Gasteiger partial charge in [-0.1, -0.05) is 96.9 Å². The first-order valence-corrected chi connectivity index (χ1v) is 26.6. The average Bonchev–Trinajstić information content (AvgIpc) is 3.37. The van der Waals surface area contributed by atoms with E-state index in [-0.39, 0.29) is 66.1 Å². The number of carbonyl (C=O) groups excluding carboxylic acids is 4. The number of rotatable bonds is 23. The van der Waals surface area contributed by atoms with Crippen LogP contribution < -0.4 is 26.4 Å². The third-order valence-electron chi connectivity index (χ3n) is 14.1. The van der Waals surface area contributed by atoms with E-state index in [1.165, 1.54) is 23.3 Å². The molecule has 2 aliphatic rings. The predicted octanol–water partition coefficient (Wildman–Crippen LogP) is 10.9. The van der Waals surface area contributed by atoms with Crippen molar-refractivity contribution >= 4 is 35.8 Å². The molecule has 1 heterocycles. The fraction of sp³-hybridized carbons (Fsp3) is 0.500. The van der Waals surface area contributed by atoms with Crippen molar-refractivity contribution in [2.75, 3.05) is 32.8 Å². The number of amides is 3. The van der Waals surface area contributed by atoms with Crippen LogP contribution in [0.4, 0.5) is 13.2 Å². The number of carbonyl (C=O) groups is 4. The third kappa shape index (κ3) is 17.9. The van der Waals surface area contributed by atoms with Crippen molar-refractivity contribution in [2.45, 2.75) is 148 Å². The Morgan fingerprint density at radius 3 is 2.24 bits per heavy atom. The lowest BCUT2D eigenvalue weighted by molar-refractivity contribution is -0.163. The molecule has 4 aromatic rings. The number of hydrogen-bond donors (Lipinski definition) is 4. The van der Waals surface area contributed by atoms with E-state index in [1.807, 2.05) is 60.4 Å². The molecule has 1 aliphatic carbocycles. The highest BCUT2D eigenvalue weighted by Gasteiger charge is 2.37. The van der Waals surface area contributed by atoms with Crippen molar-refractivity contribution in [3.63, 3.8) is 0 Å². The average molecular weight is 1020 g/mol. The van der Waals surface area contributed by atoms with Gasteiger partial charge in [0.25, 0.3) is 0 Å². The summed E-state index contributed by atoms with van der Waals surface area (Å²) < 4.78 is 57.1. The van der Waals surface area contributed by atoms with Crippen molar-refractivity contribution in [3.05, 3.63) is 124 Å². The molecule has 2 atom stereocenters. The Labute approximate surface area is 436 Å². The van der Waals surface area contributed by atoms with Crippen molar-refractivity contribution in [2.24, 2.45) is 17.6 Å². The fourth-order valence-corrected chi connectivity index (χ4v) is 9.89. The minimum absolute atomic E-state index is 0.00618. The molecule has 4 aromatic carbocycles. The largest absolute Gasteiger partial charge is 0.491 e. The van der Waals surface area contributed by atoms with E-state index in [2.05, 4.69) is 47.1 Å². The minimum atomic E-state index is -4.70. The van der Waals surface area contributed by atoms with Gasteiger partial charge >= 0.3 is 12.1 Å². The maximum Gasteiger partial charge on any atom is 0.417 e. The number of nitrogens with one attached hydrogen (secondary N) is 3. The second kappa shape index (κ2) is 27.5. The summed E-state index contributed by atoms with van der Waals surface area (Å²) in [5.41, 5.74) is 11.0. The minimum Gasteiger partial charge on any atom is -0.491 e. The number of unbranched alkanes of at least 4 members (excludes halogenated alkanes) is 1. The van der Waals surface area contributed by atoms with Crippen LogP contribution in [-0.2, 0) is 43.1 Å². The normalized spacial score (nSPS) is 17.9. The van der Waals surface area contributed by atoms with E-state index in [0.29, 0.717) is 58.2 Å². The number of benzene rings is 4. The monoisotopic (exact) mass is 1020 g/mol. The molecule has 1 saturated carbocycles. The molecule has 0 radical (unpaired) electrons. The Hall–Kier alpha value is -5.99. The summed E-state index contributed by atoms with van der Waals surface area (Å²) in [6.07, 6.45) is 7.48. The number of ether oxygens (including phenoxy) is 2. The smallest absolute Gasteiger partial charge is 0.417 e. The predicted molar refractivity (Wildman–Crippen MR) is 287 cm³/mol. The molecular weight excluding hydrogens is 944 g/mol. The molecule has 2 fully saturated rings. The van der Waals surface area contributed by atoms with Gasteiger partial charge < -0.3 is 31.2 Å². The highest BCUT2D eigenvalue weighted by Crippen LogP contribution is 2.39. The first-order chi connectivity index (χ1) is 35.3. The van der Waals surface area contributed by atoms with E-state index < -0.39 is 35.4 Å². The van der Waals surface area contributed by atoms with E-state index >= 15 is 13.2 Å². The Morgan fingerprint density at radius 1 is 0.797 bits per heavy atom. The molecular formula is C60H78F3N5O6. The standard InChI is InChI=1S/C60H78F3N5O6/c1-41-23-25-43(26-24-41)15-13-22-55(69)65-33-11-9-20-52(64)57(71)67-39-44-27-29-47(30-28-44)56(70)66-34-36-73-54-38-48(32-31-45-18-14-19-50(42(45)2)46-16-7-6-8-17-46)51(60(61,62)63)37-49(54)40-68-35-12-10-21-53(68)58(72)74-59(3,4)5/h6-8,14,16-19,23-26,31-32,37-38,44,47,52-53H,9-13,15,20-22,27-30,33-36,39-40,64H2,1-5H3,(H,65,69)(H,66,70)(H,67,71)/b32-31+/t44?,47?,52-,53-/m0/s1. The maximum atomic E-state index is 15.0. The summed E-state index contributed by atoms with van der Waals surface area (Å²) in [5, 5.41) is 8.94. The van der Waals surface area contributed by atoms with Crippen molar-refractivity contribution in [1.82, 2.24) is 20.9 Å². The number of nitrogens with zero attached hydrogens (tertiary/aromatic N) is 1. The maximum absolute atomic E-state index is 15.0. The first-order valence-electron chi connectivity index (χ1n) is 26.6. The van der Waals surface area contributed by atoms with Crippen LogP contribution in [0, 0.1) is 25.7 Å². The van der Waals surface area contributed by atoms with Gasteiger partial charge in [-0.3, -0.25) is 24.1 Å². The number of piperidine rings is 1. The number of hydrogen-bond acceptors (Lipinski definition) is 8. The van der Waals surface area contributed by atoms with Gasteiger partial charge in [-0.2, -0.15) is 13.2 Å². The van der Waals surface area contributed by atoms with Crippen LogP contribution in [0.1, 0.15) is 137 Å². The lowest BCUT2D eigenvalue weighted by Gasteiger charge is -2.36. The molecule has 1 aliphatic heterocycles. The topological polar surface area (TPSA) is 152 Å². The van der Waals surface area contributed by atoms with Gasteiger partial charge in [0.05, 0.1) is 18.2 Å². The molecule has 14 heteroatoms. The Bertz CT molecular complexity index is 2500. The van der Waals surface area contributed by atoms with Gasteiger partial charge in [-0.15, -0.1) is 0 Å². The SMILES string of the molecule is Cc1ccc(CCCC(=O)NCCCC[C@H](N)C(=O)NCC2CCC(C(=O)NCCOc3cc(/C=C/c4cccc(-c5ccccc5)c4C)c(C(F)(F)F)cc3CN3CCCC[C@H]3C(=O)OC(C)(C)C)CC2)cc1. The summed E-state index contributed by atoms with van der Waals surface area (Å²) in [4.78, 5) is 53.8. The van der Waals surface area contributed by atoms with Crippen LogP contribution in [-0.4, -0.2) is 79.1 Å². The number of likely N-dealkylation sites (tertiary alicyclic amines) is 1. The van der Waals surface area contributed by atoms with Gasteiger partial charge in [0, 0.05) is 37.5 Å². The highest BCUT2D eigenvalue weighted by atomic mass is 19.4. The zero-order valence-corrected chi connectivity index (χ0v) is 44.1. The fourth-order valence-electron chi connectivity index (χ4n) is 9.89. The van der Waals surface area contributed by atoms with Crippen LogP contribution in [0.5, 0.6) is 5.75 Å². The zero-order valence-electron chi connectivity index (χ0n) is 44.1. The lowest BCUT2D eigenvalue weighted by Crippen LogP contribution is -2.46. The van der Waals surface area contributed by atoms with Crippen LogP contribution in [0.25, 0.3) is 23.3 Å². The molecule has 0 aromatic heterocycles. The Balaban J connectivity index is 1.00. The molecule has 1 saturated heterocycles. The van der Waals surface area contributed by atoms with Crippen LogP contribution in [0.15, 0.2) is 84.9 Å². The Kier molecular flexibility index (Phi) is 21.3. The third-order valence-corrected chi connectivity index (χ3v) is 14.1. The van der Waals surface area contributed by atoms with Crippen molar-refractivity contribution in [3.8, 4) is 16.9 Å². The number of halogens is 3. The number of aryl methyl sites for hydroxylation is 2. The molecule has 11 nitrogen and oxygen atoms in total. The summed E-state index contributed by atoms with van der Waals surface area (Å²) in [6.45, 7) is 11.1. The first kappa shape index (κ1) is 57.3. The van der Waals surface area contributed by atoms with Crippen LogP contribution >= 0.6 is 0 Å². The van der Waals surface area contributed by atoms with Crippen LogP contribution in [0.2, 0.25) is 0 Å². The second-order valence-corrected chi connectivity index (χ2v) is 21.2. The van der Waals surface area contributed by atoms with Gasteiger partial charge in [-0.05, 0) is 163 Å². The molecule has 74 heavy (non-hydrogen) atoms. The van der Waals surface area contributed by atoms with Crippen molar-refractivity contribution < 1.29 is 41.8 Å². The van der Waals surface area contributed by atoms with Gasteiger partial charge in [0.2, 0.25) is 17.7 Å². The summed E-state index contributed by atoms with van der Waals surface area (Å²) in [6, 6.07) is 25.2. The molecule has 3 amide bonds. The molecule has 5 N–H and O–H groups in total.